The van der Waals surface area contributed by atoms with E-state index in [-0.39, 0.29) is 11.8 Å². The lowest BCUT2D eigenvalue weighted by Gasteiger charge is -2.28. The van der Waals surface area contributed by atoms with Crippen LogP contribution in [0.15, 0.2) is 54.6 Å². The maximum atomic E-state index is 12.4. The van der Waals surface area contributed by atoms with Crippen LogP contribution in [0.3, 0.4) is 0 Å². The molecule has 1 aliphatic rings. The Bertz CT molecular complexity index is 916. The second-order valence-electron chi connectivity index (χ2n) is 6.27. The van der Waals surface area contributed by atoms with E-state index in [0.29, 0.717) is 19.6 Å². The summed E-state index contributed by atoms with van der Waals surface area (Å²) in [7, 11) is 0. The van der Waals surface area contributed by atoms with Crippen molar-refractivity contribution >= 4 is 38.9 Å². The molecule has 0 radical (unpaired) electrons. The molecule has 0 spiro atoms. The van der Waals surface area contributed by atoms with Crippen LogP contribution in [-0.2, 0) is 11.3 Å². The van der Waals surface area contributed by atoms with Crippen molar-refractivity contribution in [2.24, 2.45) is 0 Å². The van der Waals surface area contributed by atoms with E-state index >= 15 is 0 Å². The van der Waals surface area contributed by atoms with Crippen molar-refractivity contribution in [1.29, 1.82) is 0 Å². The van der Waals surface area contributed by atoms with E-state index < -0.39 is 0 Å². The standard InChI is InChI=1S/C20H19N3O2S/c24-19-13-23(10-9-21-19)16-7-5-14(6-8-16)12-22-20(25)18-11-15-3-1-2-4-17(15)26-18/h1-8,11H,9-10,12-13H2,(H,21,24)(H,22,25). The van der Waals surface area contributed by atoms with Crippen LogP contribution in [0.25, 0.3) is 10.1 Å². The topological polar surface area (TPSA) is 61.4 Å². The molecule has 2 aromatic carbocycles. The van der Waals surface area contributed by atoms with E-state index in [4.69, 9.17) is 0 Å². The van der Waals surface area contributed by atoms with Gasteiger partial charge in [0.15, 0.2) is 0 Å². The Hall–Kier alpha value is -2.86. The molecule has 0 aliphatic carbocycles. The van der Waals surface area contributed by atoms with Crippen LogP contribution in [-0.4, -0.2) is 31.4 Å². The molecule has 6 heteroatoms. The van der Waals surface area contributed by atoms with Gasteiger partial charge in [0.1, 0.15) is 0 Å². The molecule has 1 aromatic heterocycles. The molecule has 1 aliphatic heterocycles. The number of hydrogen-bond acceptors (Lipinski definition) is 4. The van der Waals surface area contributed by atoms with E-state index in [1.54, 1.807) is 0 Å². The lowest BCUT2D eigenvalue weighted by atomic mass is 10.1. The third-order valence-electron chi connectivity index (χ3n) is 4.44. The van der Waals surface area contributed by atoms with Gasteiger partial charge in [-0.05, 0) is 35.2 Å². The molecular weight excluding hydrogens is 346 g/mol. The van der Waals surface area contributed by atoms with E-state index in [0.717, 1.165) is 32.8 Å². The molecule has 132 valence electrons. The normalized spacial score (nSPS) is 14.3. The van der Waals surface area contributed by atoms with Gasteiger partial charge in [-0.15, -0.1) is 11.3 Å². The molecule has 0 bridgehead atoms. The smallest absolute Gasteiger partial charge is 0.261 e. The predicted octanol–water partition coefficient (Wildman–Crippen LogP) is 2.77. The summed E-state index contributed by atoms with van der Waals surface area (Å²) in [6, 6.07) is 17.9. The molecule has 1 saturated heterocycles. The van der Waals surface area contributed by atoms with Crippen molar-refractivity contribution < 1.29 is 9.59 Å². The van der Waals surface area contributed by atoms with Crippen molar-refractivity contribution in [1.82, 2.24) is 10.6 Å². The van der Waals surface area contributed by atoms with E-state index in [9.17, 15) is 9.59 Å². The van der Waals surface area contributed by atoms with E-state index in [1.165, 1.54) is 11.3 Å². The second-order valence-corrected chi connectivity index (χ2v) is 7.35. The predicted molar refractivity (Wildman–Crippen MR) is 105 cm³/mol. The minimum atomic E-state index is -0.0528. The summed E-state index contributed by atoms with van der Waals surface area (Å²) in [4.78, 5) is 26.7. The maximum absolute atomic E-state index is 12.4. The minimum absolute atomic E-state index is 0.0518. The molecule has 0 atom stereocenters. The van der Waals surface area contributed by atoms with Gasteiger partial charge in [0, 0.05) is 30.0 Å². The first-order valence-corrected chi connectivity index (χ1v) is 9.38. The molecule has 3 aromatic rings. The highest BCUT2D eigenvalue weighted by Gasteiger charge is 2.16. The van der Waals surface area contributed by atoms with Crippen molar-refractivity contribution in [3.63, 3.8) is 0 Å². The largest absolute Gasteiger partial charge is 0.360 e. The van der Waals surface area contributed by atoms with Crippen LogP contribution in [0.5, 0.6) is 0 Å². The van der Waals surface area contributed by atoms with Gasteiger partial charge in [0.2, 0.25) is 5.91 Å². The molecule has 2 amide bonds. The SMILES string of the molecule is O=C1CN(c2ccc(CNC(=O)c3cc4ccccc4s3)cc2)CCN1. The summed E-state index contributed by atoms with van der Waals surface area (Å²) < 4.78 is 1.12. The summed E-state index contributed by atoms with van der Waals surface area (Å²) in [6.07, 6.45) is 0. The van der Waals surface area contributed by atoms with Gasteiger partial charge in [-0.3, -0.25) is 9.59 Å². The summed E-state index contributed by atoms with van der Waals surface area (Å²) in [5.41, 5.74) is 2.06. The molecule has 2 heterocycles. The number of fused-ring (bicyclic) bond motifs is 1. The fourth-order valence-corrected chi connectivity index (χ4v) is 4.03. The number of piperazine rings is 1. The average molecular weight is 365 g/mol. The quantitative estimate of drug-likeness (QED) is 0.747. The van der Waals surface area contributed by atoms with Gasteiger partial charge < -0.3 is 15.5 Å². The molecule has 2 N–H and O–H groups in total. The van der Waals surface area contributed by atoms with Crippen molar-refractivity contribution in [3.05, 3.63) is 65.0 Å². The van der Waals surface area contributed by atoms with Gasteiger partial charge in [0.05, 0.1) is 11.4 Å². The van der Waals surface area contributed by atoms with Crippen molar-refractivity contribution in [3.8, 4) is 0 Å². The molecule has 1 fully saturated rings. The number of carbonyl (C=O) groups is 2. The third kappa shape index (κ3) is 3.55. The lowest BCUT2D eigenvalue weighted by Crippen LogP contribution is -2.47. The van der Waals surface area contributed by atoms with Crippen LogP contribution >= 0.6 is 11.3 Å². The Labute approximate surface area is 155 Å². The van der Waals surface area contributed by atoms with Crippen LogP contribution in [0.1, 0.15) is 15.2 Å². The zero-order valence-electron chi connectivity index (χ0n) is 14.2. The molecular formula is C20H19N3O2S. The first-order chi connectivity index (χ1) is 12.7. The number of hydrogen-bond donors (Lipinski definition) is 2. The number of rotatable bonds is 4. The number of anilines is 1. The summed E-state index contributed by atoms with van der Waals surface area (Å²) >= 11 is 1.51. The minimum Gasteiger partial charge on any atom is -0.360 e. The van der Waals surface area contributed by atoms with Crippen LogP contribution < -0.4 is 15.5 Å². The number of amides is 2. The van der Waals surface area contributed by atoms with Crippen molar-refractivity contribution in [2.45, 2.75) is 6.54 Å². The van der Waals surface area contributed by atoms with Crippen LogP contribution in [0.4, 0.5) is 5.69 Å². The number of thiophene rings is 1. The molecule has 4 rings (SSSR count). The average Bonchev–Trinajstić information content (AvgIpc) is 3.11. The highest BCUT2D eigenvalue weighted by atomic mass is 32.1. The van der Waals surface area contributed by atoms with Gasteiger partial charge >= 0.3 is 0 Å². The second kappa shape index (κ2) is 7.17. The Kier molecular flexibility index (Phi) is 4.58. The molecule has 0 saturated carbocycles. The maximum Gasteiger partial charge on any atom is 0.261 e. The zero-order valence-corrected chi connectivity index (χ0v) is 15.0. The van der Waals surface area contributed by atoms with Gasteiger partial charge in [-0.25, -0.2) is 0 Å². The van der Waals surface area contributed by atoms with Gasteiger partial charge in [-0.1, -0.05) is 30.3 Å². The Morgan fingerprint density at radius 2 is 1.96 bits per heavy atom. The summed E-state index contributed by atoms with van der Waals surface area (Å²) in [5, 5.41) is 6.89. The first kappa shape index (κ1) is 16.6. The van der Waals surface area contributed by atoms with Gasteiger partial charge in [0.25, 0.3) is 5.91 Å². The fraction of sp³-hybridized carbons (Fsp3) is 0.200. The molecule has 26 heavy (non-hydrogen) atoms. The molecule has 5 nitrogen and oxygen atoms in total. The Morgan fingerprint density at radius 3 is 2.73 bits per heavy atom. The fourth-order valence-electron chi connectivity index (χ4n) is 3.05. The van der Waals surface area contributed by atoms with E-state index in [1.807, 2.05) is 54.6 Å². The van der Waals surface area contributed by atoms with Gasteiger partial charge in [-0.2, -0.15) is 0 Å². The highest BCUT2D eigenvalue weighted by Crippen LogP contribution is 2.25. The number of nitrogens with zero attached hydrogens (tertiary/aromatic N) is 1. The Balaban J connectivity index is 1.38. The van der Waals surface area contributed by atoms with Crippen molar-refractivity contribution in [2.75, 3.05) is 24.5 Å². The highest BCUT2D eigenvalue weighted by molar-refractivity contribution is 7.20. The number of benzene rings is 2. The number of nitrogens with one attached hydrogen (secondary N) is 2. The number of carbonyl (C=O) groups excluding carboxylic acids is 2. The zero-order chi connectivity index (χ0) is 17.9. The Morgan fingerprint density at radius 1 is 1.15 bits per heavy atom. The summed E-state index contributed by atoms with van der Waals surface area (Å²) in [5.74, 6) is -0.00102. The summed E-state index contributed by atoms with van der Waals surface area (Å²) in [6.45, 7) is 2.36. The third-order valence-corrected chi connectivity index (χ3v) is 5.56. The van der Waals surface area contributed by atoms with Crippen LogP contribution in [0, 0.1) is 0 Å². The van der Waals surface area contributed by atoms with E-state index in [2.05, 4.69) is 15.5 Å². The molecule has 0 unspecified atom stereocenters. The lowest BCUT2D eigenvalue weighted by molar-refractivity contribution is -0.120. The monoisotopic (exact) mass is 365 g/mol. The first-order valence-electron chi connectivity index (χ1n) is 8.56. The van der Waals surface area contributed by atoms with Crippen LogP contribution in [0.2, 0.25) is 0 Å².